The maximum absolute atomic E-state index is 13.0. The highest BCUT2D eigenvalue weighted by Crippen LogP contribution is 2.15. The minimum Gasteiger partial charge on any atom is -0.494 e. The minimum absolute atomic E-state index is 0.123. The molecule has 0 spiro atoms. The van der Waals surface area contributed by atoms with E-state index in [-0.39, 0.29) is 18.3 Å². The first-order valence-corrected chi connectivity index (χ1v) is 12.9. The van der Waals surface area contributed by atoms with Crippen LogP contribution in [0, 0.1) is 5.82 Å². The number of nitrogens with zero attached hydrogens (tertiary/aromatic N) is 1. The third-order valence-electron chi connectivity index (χ3n) is 5.62. The second kappa shape index (κ2) is 17.2. The summed E-state index contributed by atoms with van der Waals surface area (Å²) in [5, 5.41) is 12.2. The molecule has 2 aromatic carbocycles. The van der Waals surface area contributed by atoms with Crippen LogP contribution in [0.2, 0.25) is 0 Å². The van der Waals surface area contributed by atoms with Gasteiger partial charge in [-0.25, -0.2) is 14.0 Å². The smallest absolute Gasteiger partial charge is 0.333 e. The number of amides is 2. The van der Waals surface area contributed by atoms with E-state index >= 15 is 0 Å². The van der Waals surface area contributed by atoms with Crippen molar-refractivity contribution in [2.24, 2.45) is 0 Å². The zero-order valence-electron chi connectivity index (χ0n) is 21.8. The first-order valence-electron chi connectivity index (χ1n) is 12.9. The molecule has 0 aromatic heterocycles. The molecule has 0 heterocycles. The van der Waals surface area contributed by atoms with Crippen LogP contribution >= 0.6 is 0 Å². The Kier molecular flexibility index (Phi) is 13.9. The third kappa shape index (κ3) is 12.0. The number of rotatable bonds is 18. The number of carbonyl (C=O) groups excluding carboxylic acids is 1. The maximum atomic E-state index is 13.0. The molecule has 9 heteroatoms. The highest BCUT2D eigenvalue weighted by molar-refractivity contribution is 5.74. The molecule has 8 nitrogen and oxygen atoms in total. The van der Waals surface area contributed by atoms with E-state index in [1.807, 2.05) is 12.1 Å². The Bertz CT molecular complexity index is 923. The van der Waals surface area contributed by atoms with Gasteiger partial charge in [-0.05, 0) is 68.1 Å². The van der Waals surface area contributed by atoms with E-state index in [0.29, 0.717) is 51.0 Å². The van der Waals surface area contributed by atoms with Crippen LogP contribution in [0.3, 0.4) is 0 Å². The molecule has 2 aromatic rings. The Balaban J connectivity index is 1.80. The molecule has 0 aliphatic rings. The van der Waals surface area contributed by atoms with Gasteiger partial charge in [0, 0.05) is 26.1 Å². The quantitative estimate of drug-likeness (QED) is 0.272. The van der Waals surface area contributed by atoms with Crippen LogP contribution in [0.5, 0.6) is 11.5 Å². The van der Waals surface area contributed by atoms with E-state index in [0.717, 1.165) is 31.2 Å². The largest absolute Gasteiger partial charge is 0.494 e. The van der Waals surface area contributed by atoms with Crippen LogP contribution in [-0.4, -0.2) is 67.6 Å². The van der Waals surface area contributed by atoms with Gasteiger partial charge in [-0.2, -0.15) is 0 Å². The predicted octanol–water partition coefficient (Wildman–Crippen LogP) is 4.91. The fourth-order valence-corrected chi connectivity index (χ4v) is 3.55. The first-order chi connectivity index (χ1) is 17.9. The van der Waals surface area contributed by atoms with Crippen molar-refractivity contribution in [1.82, 2.24) is 10.2 Å². The molecule has 0 bridgehead atoms. The van der Waals surface area contributed by atoms with E-state index in [2.05, 4.69) is 12.2 Å². The van der Waals surface area contributed by atoms with Crippen LogP contribution in [0.4, 0.5) is 9.18 Å². The average molecular weight is 519 g/mol. The number of hydrogen-bond donors (Lipinski definition) is 2. The highest BCUT2D eigenvalue weighted by Gasteiger charge is 2.18. The van der Waals surface area contributed by atoms with Crippen molar-refractivity contribution >= 4 is 12.0 Å². The van der Waals surface area contributed by atoms with Crippen LogP contribution in [0.25, 0.3) is 0 Å². The minimum atomic E-state index is -0.985. The molecule has 0 aliphatic heterocycles. The summed E-state index contributed by atoms with van der Waals surface area (Å²) in [6.07, 6.45) is 2.81. The summed E-state index contributed by atoms with van der Waals surface area (Å²) >= 11 is 0. The number of benzene rings is 2. The van der Waals surface area contributed by atoms with E-state index in [1.54, 1.807) is 36.1 Å². The van der Waals surface area contributed by atoms with Crippen molar-refractivity contribution in [2.45, 2.75) is 52.1 Å². The second-order valence-electron chi connectivity index (χ2n) is 8.56. The van der Waals surface area contributed by atoms with Crippen LogP contribution in [0.1, 0.15) is 45.1 Å². The van der Waals surface area contributed by atoms with Gasteiger partial charge in [0.2, 0.25) is 0 Å². The summed E-state index contributed by atoms with van der Waals surface area (Å²) in [5.41, 5.74) is 0.841. The molecule has 0 saturated heterocycles. The van der Waals surface area contributed by atoms with Gasteiger partial charge in [0.1, 0.15) is 23.9 Å². The lowest BCUT2D eigenvalue weighted by Crippen LogP contribution is -2.43. The molecule has 0 fully saturated rings. The predicted molar refractivity (Wildman–Crippen MR) is 140 cm³/mol. The highest BCUT2D eigenvalue weighted by atomic mass is 19.1. The molecule has 37 heavy (non-hydrogen) atoms. The lowest BCUT2D eigenvalue weighted by Gasteiger charge is -2.23. The number of nitrogens with one attached hydrogen (secondary N) is 1. The zero-order valence-corrected chi connectivity index (χ0v) is 21.8. The SMILES string of the molecule is CCCCNC(=O)N(CCCCOc1ccc(F)cc1)CCOc1ccc(CC(OCC)C(=O)O)cc1. The number of carbonyl (C=O) groups is 2. The number of hydrogen-bond acceptors (Lipinski definition) is 5. The van der Waals surface area contributed by atoms with Crippen LogP contribution < -0.4 is 14.8 Å². The van der Waals surface area contributed by atoms with Gasteiger partial charge in [0.15, 0.2) is 6.10 Å². The number of ether oxygens (including phenoxy) is 3. The molecule has 204 valence electrons. The molecule has 0 aliphatic carbocycles. The molecule has 2 N–H and O–H groups in total. The van der Waals surface area contributed by atoms with Gasteiger partial charge in [-0.15, -0.1) is 0 Å². The van der Waals surface area contributed by atoms with E-state index in [9.17, 15) is 19.1 Å². The Labute approximate surface area is 218 Å². The molecular formula is C28H39FN2O6. The molecule has 1 atom stereocenters. The standard InChI is InChI=1S/C28H39FN2O6/c1-3-5-16-30-28(34)31(17-6-7-19-36-25-14-10-23(29)11-15-25)18-20-37-24-12-8-22(9-13-24)21-26(27(32)33)35-4-2/h8-15,26H,3-7,16-21H2,1-2H3,(H,30,34)(H,32,33). The zero-order chi connectivity index (χ0) is 26.9. The number of carboxylic acids is 1. The molecule has 1 unspecified atom stereocenters. The Morgan fingerprint density at radius 2 is 1.57 bits per heavy atom. The fourth-order valence-electron chi connectivity index (χ4n) is 3.55. The second-order valence-corrected chi connectivity index (χ2v) is 8.56. The van der Waals surface area contributed by atoms with Gasteiger partial charge in [-0.3, -0.25) is 0 Å². The van der Waals surface area contributed by atoms with Crippen molar-refractivity contribution in [3.05, 3.63) is 59.9 Å². The topological polar surface area (TPSA) is 97.3 Å². The van der Waals surface area contributed by atoms with Gasteiger partial charge in [0.05, 0.1) is 13.2 Å². The van der Waals surface area contributed by atoms with Crippen molar-refractivity contribution in [3.63, 3.8) is 0 Å². The van der Waals surface area contributed by atoms with Gasteiger partial charge < -0.3 is 29.5 Å². The summed E-state index contributed by atoms with van der Waals surface area (Å²) in [5.74, 6) is -0.0254. The molecule has 2 amide bonds. The average Bonchev–Trinajstić information content (AvgIpc) is 2.89. The maximum Gasteiger partial charge on any atom is 0.333 e. The molecular weight excluding hydrogens is 479 g/mol. The van der Waals surface area contributed by atoms with Crippen molar-refractivity contribution in [2.75, 3.05) is 39.5 Å². The summed E-state index contributed by atoms with van der Waals surface area (Å²) in [6, 6.07) is 13.0. The van der Waals surface area contributed by atoms with Gasteiger partial charge in [0.25, 0.3) is 0 Å². The normalized spacial score (nSPS) is 11.5. The first kappa shape index (κ1) is 29.9. The summed E-state index contributed by atoms with van der Waals surface area (Å²) in [7, 11) is 0. The third-order valence-corrected chi connectivity index (χ3v) is 5.62. The fraction of sp³-hybridized carbons (Fsp3) is 0.500. The Morgan fingerprint density at radius 1 is 0.919 bits per heavy atom. The van der Waals surface area contributed by atoms with Gasteiger partial charge in [-0.1, -0.05) is 25.5 Å². The van der Waals surface area contributed by atoms with E-state index in [4.69, 9.17) is 14.2 Å². The monoisotopic (exact) mass is 518 g/mol. The van der Waals surface area contributed by atoms with Crippen LogP contribution in [0.15, 0.2) is 48.5 Å². The molecule has 0 radical (unpaired) electrons. The Hall–Kier alpha value is -3.33. The summed E-state index contributed by atoms with van der Waals surface area (Å²) in [4.78, 5) is 25.7. The van der Waals surface area contributed by atoms with Crippen molar-refractivity contribution < 1.29 is 33.3 Å². The lowest BCUT2D eigenvalue weighted by molar-refractivity contribution is -0.149. The summed E-state index contributed by atoms with van der Waals surface area (Å²) < 4.78 is 29.7. The van der Waals surface area contributed by atoms with Crippen molar-refractivity contribution in [3.8, 4) is 11.5 Å². The lowest BCUT2D eigenvalue weighted by atomic mass is 10.1. The van der Waals surface area contributed by atoms with Crippen LogP contribution in [-0.2, 0) is 16.0 Å². The number of aliphatic carboxylic acids is 1. The van der Waals surface area contributed by atoms with Crippen molar-refractivity contribution in [1.29, 1.82) is 0 Å². The molecule has 2 rings (SSSR count). The number of urea groups is 1. The van der Waals surface area contributed by atoms with Gasteiger partial charge >= 0.3 is 12.0 Å². The number of carboxylic acid groups (broad SMARTS) is 1. The van der Waals surface area contributed by atoms with E-state index in [1.165, 1.54) is 12.1 Å². The number of halogens is 1. The molecule has 0 saturated carbocycles. The summed E-state index contributed by atoms with van der Waals surface area (Å²) in [6.45, 7) is 6.58. The Morgan fingerprint density at radius 3 is 2.19 bits per heavy atom. The van der Waals surface area contributed by atoms with E-state index < -0.39 is 12.1 Å². The number of unbranched alkanes of at least 4 members (excludes halogenated alkanes) is 2.